The molecule has 2 N–H and O–H groups in total. The summed E-state index contributed by atoms with van der Waals surface area (Å²) in [4.78, 5) is 38.7. The summed E-state index contributed by atoms with van der Waals surface area (Å²) in [5, 5.41) is 12.1. The van der Waals surface area contributed by atoms with Gasteiger partial charge in [0.2, 0.25) is 5.91 Å². The van der Waals surface area contributed by atoms with Gasteiger partial charge in [0.1, 0.15) is 6.04 Å². The molecule has 2 atom stereocenters. The first kappa shape index (κ1) is 19.6. The SMILES string of the molecule is O=C(NC(Cc1ccccc1)C(=O)N1CCC[C@H](C(=O)O)C1)c1ccccc1. The zero-order chi connectivity index (χ0) is 19.9. The molecule has 0 aliphatic carbocycles. The smallest absolute Gasteiger partial charge is 0.308 e. The molecule has 1 fully saturated rings. The molecule has 0 bridgehead atoms. The Morgan fingerprint density at radius 3 is 2.32 bits per heavy atom. The van der Waals surface area contributed by atoms with Crippen molar-refractivity contribution in [2.75, 3.05) is 13.1 Å². The van der Waals surface area contributed by atoms with Gasteiger partial charge in [-0.25, -0.2) is 0 Å². The number of likely N-dealkylation sites (tertiary alicyclic amines) is 1. The first-order valence-electron chi connectivity index (χ1n) is 9.46. The molecule has 1 heterocycles. The van der Waals surface area contributed by atoms with E-state index in [1.807, 2.05) is 36.4 Å². The number of hydrogen-bond donors (Lipinski definition) is 2. The van der Waals surface area contributed by atoms with Crippen LogP contribution in [0.1, 0.15) is 28.8 Å². The van der Waals surface area contributed by atoms with E-state index in [-0.39, 0.29) is 18.4 Å². The number of nitrogens with zero attached hydrogens (tertiary/aromatic N) is 1. The second-order valence-corrected chi connectivity index (χ2v) is 7.04. The number of aliphatic carboxylic acids is 1. The molecule has 2 aromatic carbocycles. The molecular formula is C22H24N2O4. The van der Waals surface area contributed by atoms with Crippen LogP contribution in [0.15, 0.2) is 60.7 Å². The predicted octanol–water partition coefficient (Wildman–Crippen LogP) is 2.35. The standard InChI is InChI=1S/C22H24N2O4/c25-20(17-10-5-2-6-11-17)23-19(14-16-8-3-1-4-9-16)21(26)24-13-7-12-18(15-24)22(27)28/h1-6,8-11,18-19H,7,12-15H2,(H,23,25)(H,27,28)/t18-,19?/m0/s1. The number of piperidine rings is 1. The van der Waals surface area contributed by atoms with Crippen molar-refractivity contribution in [1.82, 2.24) is 10.2 Å². The summed E-state index contributed by atoms with van der Waals surface area (Å²) in [6.07, 6.45) is 1.57. The van der Waals surface area contributed by atoms with Crippen molar-refractivity contribution in [1.29, 1.82) is 0 Å². The second kappa shape index (κ2) is 9.17. The van der Waals surface area contributed by atoms with Crippen LogP contribution in [0.2, 0.25) is 0 Å². The van der Waals surface area contributed by atoms with Crippen molar-refractivity contribution in [3.8, 4) is 0 Å². The molecule has 0 spiro atoms. The fourth-order valence-electron chi connectivity index (χ4n) is 3.48. The number of carbonyl (C=O) groups is 3. The molecule has 1 aliphatic heterocycles. The Morgan fingerprint density at radius 1 is 1.04 bits per heavy atom. The molecule has 2 amide bonds. The highest BCUT2D eigenvalue weighted by Gasteiger charge is 2.32. The summed E-state index contributed by atoms with van der Waals surface area (Å²) < 4.78 is 0. The molecule has 1 aliphatic rings. The summed E-state index contributed by atoms with van der Waals surface area (Å²) >= 11 is 0. The van der Waals surface area contributed by atoms with E-state index in [1.54, 1.807) is 29.2 Å². The second-order valence-electron chi connectivity index (χ2n) is 7.04. The maximum Gasteiger partial charge on any atom is 0.308 e. The fraction of sp³-hybridized carbons (Fsp3) is 0.318. The van der Waals surface area contributed by atoms with Crippen LogP contribution in [0.5, 0.6) is 0 Å². The van der Waals surface area contributed by atoms with Gasteiger partial charge in [0.15, 0.2) is 0 Å². The number of nitrogens with one attached hydrogen (secondary N) is 1. The number of carboxylic acids is 1. The van der Waals surface area contributed by atoms with Gasteiger partial charge in [-0.3, -0.25) is 14.4 Å². The van der Waals surface area contributed by atoms with E-state index in [0.29, 0.717) is 31.4 Å². The Kier molecular flexibility index (Phi) is 6.42. The Labute approximate surface area is 164 Å². The average molecular weight is 380 g/mol. The van der Waals surface area contributed by atoms with Gasteiger partial charge in [-0.2, -0.15) is 0 Å². The zero-order valence-corrected chi connectivity index (χ0v) is 15.6. The highest BCUT2D eigenvalue weighted by Crippen LogP contribution is 2.18. The Morgan fingerprint density at radius 2 is 1.68 bits per heavy atom. The van der Waals surface area contributed by atoms with Crippen molar-refractivity contribution in [3.05, 3.63) is 71.8 Å². The van der Waals surface area contributed by atoms with Crippen LogP contribution in [-0.2, 0) is 16.0 Å². The predicted molar refractivity (Wildman–Crippen MR) is 105 cm³/mol. The van der Waals surface area contributed by atoms with Crippen LogP contribution in [0.3, 0.4) is 0 Å². The number of amides is 2. The summed E-state index contributed by atoms with van der Waals surface area (Å²) in [6.45, 7) is 0.690. The van der Waals surface area contributed by atoms with Gasteiger partial charge in [-0.15, -0.1) is 0 Å². The summed E-state index contributed by atoms with van der Waals surface area (Å²) in [6, 6.07) is 17.5. The fourth-order valence-corrected chi connectivity index (χ4v) is 3.48. The number of benzene rings is 2. The quantitative estimate of drug-likeness (QED) is 0.805. The van der Waals surface area contributed by atoms with Crippen molar-refractivity contribution in [2.24, 2.45) is 5.92 Å². The van der Waals surface area contributed by atoms with Gasteiger partial charge < -0.3 is 15.3 Å². The lowest BCUT2D eigenvalue weighted by atomic mass is 9.96. The van der Waals surface area contributed by atoms with Crippen molar-refractivity contribution >= 4 is 17.8 Å². The van der Waals surface area contributed by atoms with Gasteiger partial charge in [0.25, 0.3) is 5.91 Å². The number of hydrogen-bond acceptors (Lipinski definition) is 3. The largest absolute Gasteiger partial charge is 0.481 e. The van der Waals surface area contributed by atoms with E-state index in [9.17, 15) is 19.5 Å². The average Bonchev–Trinajstić information content (AvgIpc) is 2.74. The van der Waals surface area contributed by atoms with Crippen LogP contribution < -0.4 is 5.32 Å². The van der Waals surface area contributed by atoms with Crippen LogP contribution in [0, 0.1) is 5.92 Å². The molecule has 0 aromatic heterocycles. The molecule has 1 unspecified atom stereocenters. The Hall–Kier alpha value is -3.15. The van der Waals surface area contributed by atoms with Crippen molar-refractivity contribution < 1.29 is 19.5 Å². The maximum atomic E-state index is 13.2. The Bertz CT molecular complexity index is 823. The topological polar surface area (TPSA) is 86.7 Å². The molecule has 3 rings (SSSR count). The molecule has 146 valence electrons. The van der Waals surface area contributed by atoms with Crippen LogP contribution in [-0.4, -0.2) is 46.9 Å². The van der Waals surface area contributed by atoms with E-state index < -0.39 is 17.9 Å². The van der Waals surface area contributed by atoms with E-state index in [2.05, 4.69) is 5.32 Å². The summed E-state index contributed by atoms with van der Waals surface area (Å²) in [7, 11) is 0. The van der Waals surface area contributed by atoms with Gasteiger partial charge in [0, 0.05) is 25.1 Å². The number of rotatable bonds is 6. The highest BCUT2D eigenvalue weighted by atomic mass is 16.4. The third-order valence-corrected chi connectivity index (χ3v) is 5.00. The van der Waals surface area contributed by atoms with Gasteiger partial charge in [-0.05, 0) is 30.5 Å². The maximum absolute atomic E-state index is 13.2. The number of carbonyl (C=O) groups excluding carboxylic acids is 2. The van der Waals surface area contributed by atoms with E-state index in [4.69, 9.17) is 0 Å². The third-order valence-electron chi connectivity index (χ3n) is 5.00. The first-order chi connectivity index (χ1) is 13.5. The lowest BCUT2D eigenvalue weighted by Crippen LogP contribution is -2.53. The van der Waals surface area contributed by atoms with Gasteiger partial charge in [-0.1, -0.05) is 48.5 Å². The lowest BCUT2D eigenvalue weighted by Gasteiger charge is -2.33. The van der Waals surface area contributed by atoms with Crippen molar-refractivity contribution in [3.63, 3.8) is 0 Å². The molecule has 1 saturated heterocycles. The normalized spacial score (nSPS) is 17.6. The van der Waals surface area contributed by atoms with Crippen LogP contribution in [0.25, 0.3) is 0 Å². The highest BCUT2D eigenvalue weighted by molar-refractivity contribution is 5.97. The zero-order valence-electron chi connectivity index (χ0n) is 15.6. The third kappa shape index (κ3) is 4.97. The molecule has 0 radical (unpaired) electrons. The minimum atomic E-state index is -0.884. The molecule has 0 saturated carbocycles. The first-order valence-corrected chi connectivity index (χ1v) is 9.46. The summed E-state index contributed by atoms with van der Waals surface area (Å²) in [5.41, 5.74) is 1.41. The van der Waals surface area contributed by atoms with E-state index >= 15 is 0 Å². The molecular weight excluding hydrogens is 356 g/mol. The minimum absolute atomic E-state index is 0.181. The minimum Gasteiger partial charge on any atom is -0.481 e. The van der Waals surface area contributed by atoms with Crippen LogP contribution in [0.4, 0.5) is 0 Å². The van der Waals surface area contributed by atoms with Crippen molar-refractivity contribution in [2.45, 2.75) is 25.3 Å². The molecule has 6 nitrogen and oxygen atoms in total. The monoisotopic (exact) mass is 380 g/mol. The molecule has 2 aromatic rings. The molecule has 6 heteroatoms. The van der Waals surface area contributed by atoms with Gasteiger partial charge in [0.05, 0.1) is 5.92 Å². The Balaban J connectivity index is 1.77. The van der Waals surface area contributed by atoms with Gasteiger partial charge >= 0.3 is 5.97 Å². The molecule has 28 heavy (non-hydrogen) atoms. The lowest BCUT2D eigenvalue weighted by molar-refractivity contribution is -0.146. The van der Waals surface area contributed by atoms with E-state index in [0.717, 1.165) is 5.56 Å². The number of carboxylic acid groups (broad SMARTS) is 1. The van der Waals surface area contributed by atoms with E-state index in [1.165, 1.54) is 0 Å². The summed E-state index contributed by atoms with van der Waals surface area (Å²) in [5.74, 6) is -1.99. The van der Waals surface area contributed by atoms with Crippen LogP contribution >= 0.6 is 0 Å².